The lowest BCUT2D eigenvalue weighted by molar-refractivity contribution is -0.125. The molecule has 1 heterocycles. The Balaban J connectivity index is 1.56. The first-order valence-electron chi connectivity index (χ1n) is 8.62. The van der Waals surface area contributed by atoms with Gasteiger partial charge in [0.15, 0.2) is 0 Å². The van der Waals surface area contributed by atoms with Gasteiger partial charge in [-0.3, -0.25) is 0 Å². The fraction of sp³-hybridized carbons (Fsp3) is 1.00. The molecule has 0 aromatic rings. The zero-order valence-corrected chi connectivity index (χ0v) is 12.4. The summed E-state index contributed by atoms with van der Waals surface area (Å²) in [7, 11) is 0. The molecule has 0 radical (unpaired) electrons. The van der Waals surface area contributed by atoms with Crippen molar-refractivity contribution in [2.24, 2.45) is 29.1 Å². The average molecular weight is 263 g/mol. The summed E-state index contributed by atoms with van der Waals surface area (Å²) in [5.41, 5.74) is 0.728. The second kappa shape index (κ2) is 4.73. The van der Waals surface area contributed by atoms with Gasteiger partial charge in [-0.25, -0.2) is 0 Å². The van der Waals surface area contributed by atoms with Crippen LogP contribution in [-0.4, -0.2) is 25.8 Å². The van der Waals surface area contributed by atoms with Crippen molar-refractivity contribution in [3.8, 4) is 0 Å². The maximum Gasteiger partial charge on any atom is 0.0468 e. The van der Waals surface area contributed by atoms with E-state index < -0.39 is 0 Å². The molecule has 1 saturated heterocycles. The number of nitrogens with one attached hydrogen (secondary N) is 1. The highest BCUT2D eigenvalue weighted by molar-refractivity contribution is 5.09. The van der Waals surface area contributed by atoms with Gasteiger partial charge in [0.1, 0.15) is 0 Å². The van der Waals surface area contributed by atoms with E-state index in [-0.39, 0.29) is 0 Å². The van der Waals surface area contributed by atoms with Gasteiger partial charge in [0.25, 0.3) is 0 Å². The van der Waals surface area contributed by atoms with E-state index in [2.05, 4.69) is 12.2 Å². The maximum absolute atomic E-state index is 5.61. The summed E-state index contributed by atoms with van der Waals surface area (Å²) in [6.07, 6.45) is 10.4. The minimum absolute atomic E-state index is 0.728. The van der Waals surface area contributed by atoms with Crippen LogP contribution < -0.4 is 5.32 Å². The van der Waals surface area contributed by atoms with Crippen molar-refractivity contribution in [2.75, 3.05) is 19.8 Å². The molecule has 5 fully saturated rings. The van der Waals surface area contributed by atoms with Crippen molar-refractivity contribution in [1.29, 1.82) is 0 Å². The summed E-state index contributed by atoms with van der Waals surface area (Å²) >= 11 is 0. The van der Waals surface area contributed by atoms with E-state index in [0.717, 1.165) is 54.9 Å². The van der Waals surface area contributed by atoms with Crippen LogP contribution in [0.2, 0.25) is 0 Å². The number of hydrogen-bond acceptors (Lipinski definition) is 2. The molecule has 1 aliphatic heterocycles. The highest BCUT2D eigenvalue weighted by atomic mass is 16.5. The van der Waals surface area contributed by atoms with Gasteiger partial charge in [0.05, 0.1) is 0 Å². The second-order valence-corrected chi connectivity index (χ2v) is 7.80. The van der Waals surface area contributed by atoms with E-state index in [0.29, 0.717) is 0 Å². The summed E-state index contributed by atoms with van der Waals surface area (Å²) in [5, 5.41) is 3.82. The quantitative estimate of drug-likeness (QED) is 0.844. The predicted molar refractivity (Wildman–Crippen MR) is 77.0 cm³/mol. The minimum atomic E-state index is 0.728. The average Bonchev–Trinajstić information content (AvgIpc) is 2.43. The molecule has 2 unspecified atom stereocenters. The molecule has 4 bridgehead atoms. The first-order valence-corrected chi connectivity index (χ1v) is 8.62. The molecular formula is C17H29NO. The van der Waals surface area contributed by atoms with E-state index in [4.69, 9.17) is 4.74 Å². The lowest BCUT2D eigenvalue weighted by Crippen LogP contribution is -2.60. The fourth-order valence-electron chi connectivity index (χ4n) is 6.47. The molecule has 0 aromatic carbocycles. The monoisotopic (exact) mass is 263 g/mol. The molecule has 108 valence electrons. The normalized spacial score (nSPS) is 49.7. The van der Waals surface area contributed by atoms with Crippen LogP contribution in [0, 0.1) is 29.1 Å². The maximum atomic E-state index is 5.61. The molecule has 4 saturated carbocycles. The zero-order valence-electron chi connectivity index (χ0n) is 12.4. The van der Waals surface area contributed by atoms with Crippen molar-refractivity contribution in [1.82, 2.24) is 5.32 Å². The molecule has 0 amide bonds. The van der Waals surface area contributed by atoms with Crippen molar-refractivity contribution in [3.05, 3.63) is 0 Å². The first kappa shape index (κ1) is 12.6. The van der Waals surface area contributed by atoms with Gasteiger partial charge in [-0.15, -0.1) is 0 Å². The summed E-state index contributed by atoms with van der Waals surface area (Å²) < 4.78 is 5.61. The fourth-order valence-corrected chi connectivity index (χ4v) is 6.47. The molecule has 19 heavy (non-hydrogen) atoms. The molecular weight excluding hydrogens is 234 g/mol. The van der Waals surface area contributed by atoms with Crippen molar-refractivity contribution >= 4 is 0 Å². The lowest BCUT2D eigenvalue weighted by atomic mass is 9.44. The van der Waals surface area contributed by atoms with Crippen LogP contribution >= 0.6 is 0 Å². The Hall–Kier alpha value is -0.0800. The van der Waals surface area contributed by atoms with Crippen LogP contribution in [0.15, 0.2) is 0 Å². The molecule has 4 aliphatic carbocycles. The van der Waals surface area contributed by atoms with Gasteiger partial charge in [0.2, 0.25) is 0 Å². The molecule has 2 atom stereocenters. The van der Waals surface area contributed by atoms with Gasteiger partial charge in [0, 0.05) is 19.3 Å². The molecule has 2 nitrogen and oxygen atoms in total. The van der Waals surface area contributed by atoms with Crippen LogP contribution in [0.25, 0.3) is 0 Å². The van der Waals surface area contributed by atoms with Crippen LogP contribution in [0.1, 0.15) is 51.9 Å². The Bertz CT molecular complexity index is 320. The van der Waals surface area contributed by atoms with Gasteiger partial charge in [-0.05, 0) is 80.6 Å². The summed E-state index contributed by atoms with van der Waals surface area (Å²) in [5.74, 6) is 4.04. The minimum Gasteiger partial charge on any atom is -0.381 e. The van der Waals surface area contributed by atoms with Crippen LogP contribution in [0.3, 0.4) is 0 Å². The zero-order chi connectivity index (χ0) is 12.9. The largest absolute Gasteiger partial charge is 0.381 e. The van der Waals surface area contributed by atoms with Gasteiger partial charge in [-0.1, -0.05) is 6.92 Å². The summed E-state index contributed by atoms with van der Waals surface area (Å²) in [6, 6.07) is 0.856. The summed E-state index contributed by atoms with van der Waals surface area (Å²) in [6.45, 7) is 5.50. The predicted octanol–water partition coefficient (Wildman–Crippen LogP) is 3.22. The smallest absolute Gasteiger partial charge is 0.0468 e. The summed E-state index contributed by atoms with van der Waals surface area (Å²) in [4.78, 5) is 0. The molecule has 5 rings (SSSR count). The Morgan fingerprint density at radius 3 is 2.37 bits per heavy atom. The third-order valence-corrected chi connectivity index (χ3v) is 6.85. The Labute approximate surface area is 117 Å². The molecule has 1 N–H and O–H groups in total. The molecule has 5 aliphatic rings. The van der Waals surface area contributed by atoms with Crippen LogP contribution in [-0.2, 0) is 4.74 Å². The van der Waals surface area contributed by atoms with Crippen molar-refractivity contribution < 1.29 is 4.74 Å². The first-order chi connectivity index (χ1) is 9.31. The van der Waals surface area contributed by atoms with Gasteiger partial charge in [-0.2, -0.15) is 0 Å². The number of hydrogen-bond donors (Lipinski definition) is 1. The van der Waals surface area contributed by atoms with E-state index in [1.807, 2.05) is 0 Å². The van der Waals surface area contributed by atoms with E-state index in [9.17, 15) is 0 Å². The highest BCUT2D eigenvalue weighted by Crippen LogP contribution is 2.63. The van der Waals surface area contributed by atoms with Crippen molar-refractivity contribution in [3.63, 3.8) is 0 Å². The second-order valence-electron chi connectivity index (χ2n) is 7.80. The van der Waals surface area contributed by atoms with Crippen molar-refractivity contribution in [2.45, 2.75) is 57.9 Å². The topological polar surface area (TPSA) is 21.3 Å². The molecule has 2 heteroatoms. The lowest BCUT2D eigenvalue weighted by Gasteiger charge is -2.63. The van der Waals surface area contributed by atoms with Crippen LogP contribution in [0.4, 0.5) is 0 Å². The third kappa shape index (κ3) is 1.98. The van der Waals surface area contributed by atoms with E-state index in [1.54, 1.807) is 6.42 Å². The Morgan fingerprint density at radius 2 is 1.74 bits per heavy atom. The standard InChI is InChI=1S/C17H29NO/c1-2-18-16-13-7-12-8-14(16)11-17(9-12,10-13)15-3-5-19-6-4-15/h12-16,18H,2-11H2,1H3. The Kier molecular flexibility index (Phi) is 3.15. The number of ether oxygens (including phenoxy) is 1. The van der Waals surface area contributed by atoms with Crippen LogP contribution in [0.5, 0.6) is 0 Å². The number of rotatable bonds is 3. The van der Waals surface area contributed by atoms with Gasteiger partial charge < -0.3 is 10.1 Å². The highest BCUT2D eigenvalue weighted by Gasteiger charge is 2.57. The van der Waals surface area contributed by atoms with E-state index in [1.165, 1.54) is 38.5 Å². The third-order valence-electron chi connectivity index (χ3n) is 6.85. The SMILES string of the molecule is CCNC1C2CC3CC1CC(C1CCOCC1)(C3)C2. The Morgan fingerprint density at radius 1 is 1.05 bits per heavy atom. The molecule has 0 aromatic heterocycles. The molecule has 0 spiro atoms. The van der Waals surface area contributed by atoms with E-state index >= 15 is 0 Å². The van der Waals surface area contributed by atoms with Gasteiger partial charge >= 0.3 is 0 Å².